The summed E-state index contributed by atoms with van der Waals surface area (Å²) >= 11 is 5.77. The summed E-state index contributed by atoms with van der Waals surface area (Å²) in [6.45, 7) is 0.187. The minimum absolute atomic E-state index is 0.0220. The summed E-state index contributed by atoms with van der Waals surface area (Å²) in [7, 11) is -3.81. The smallest absolute Gasteiger partial charge is 0.251 e. The molecule has 0 atom stereocenters. The Morgan fingerprint density at radius 2 is 1.79 bits per heavy atom. The van der Waals surface area contributed by atoms with Crippen LogP contribution in [0.4, 0.5) is 4.39 Å². The molecule has 1 amide bonds. The molecule has 0 saturated heterocycles. The Bertz CT molecular complexity index is 1000. The second-order valence-electron chi connectivity index (χ2n) is 7.30. The summed E-state index contributed by atoms with van der Waals surface area (Å²) < 4.78 is 41.0. The zero-order valence-corrected chi connectivity index (χ0v) is 16.6. The normalized spacial score (nSPS) is 17.0. The van der Waals surface area contributed by atoms with E-state index in [0.29, 0.717) is 5.56 Å². The first-order valence-electron chi connectivity index (χ1n) is 9.21. The number of sulfonamides is 1. The second-order valence-corrected chi connectivity index (χ2v) is 9.60. The zero-order valence-electron chi connectivity index (χ0n) is 15.1. The molecule has 8 heteroatoms. The Morgan fingerprint density at radius 1 is 1.11 bits per heavy atom. The third-order valence-corrected chi connectivity index (χ3v) is 7.10. The van der Waals surface area contributed by atoms with Crippen LogP contribution in [0.15, 0.2) is 47.4 Å². The molecule has 0 bridgehead atoms. The molecule has 0 radical (unpaired) electrons. The number of amides is 1. The molecule has 0 unspecified atom stereocenters. The molecule has 0 heterocycles. The summed E-state index contributed by atoms with van der Waals surface area (Å²) in [6.07, 6.45) is 3.61. The van der Waals surface area contributed by atoms with Gasteiger partial charge in [-0.1, -0.05) is 23.7 Å². The number of carbonyl (C=O) groups excluding carboxylic acids is 1. The third kappa shape index (κ3) is 4.21. The van der Waals surface area contributed by atoms with Gasteiger partial charge < -0.3 is 5.32 Å². The van der Waals surface area contributed by atoms with Crippen LogP contribution in [-0.4, -0.2) is 30.7 Å². The van der Waals surface area contributed by atoms with Crippen molar-refractivity contribution in [1.82, 2.24) is 9.62 Å². The molecular weight excluding hydrogens is 403 g/mol. The first-order valence-corrected chi connectivity index (χ1v) is 11.0. The van der Waals surface area contributed by atoms with Gasteiger partial charge in [0.15, 0.2) is 0 Å². The number of benzene rings is 2. The number of halogens is 2. The van der Waals surface area contributed by atoms with Crippen molar-refractivity contribution in [2.75, 3.05) is 0 Å². The molecule has 1 N–H and O–H groups in total. The van der Waals surface area contributed by atoms with Crippen LogP contribution in [0.1, 0.15) is 41.6 Å². The van der Waals surface area contributed by atoms with Crippen LogP contribution in [0.3, 0.4) is 0 Å². The number of rotatable bonds is 7. The highest BCUT2D eigenvalue weighted by molar-refractivity contribution is 7.89. The molecule has 148 valence electrons. The van der Waals surface area contributed by atoms with Crippen molar-refractivity contribution >= 4 is 27.5 Å². The molecule has 0 aliphatic heterocycles. The largest absolute Gasteiger partial charge is 0.349 e. The van der Waals surface area contributed by atoms with E-state index in [-0.39, 0.29) is 34.5 Å². The van der Waals surface area contributed by atoms with E-state index in [1.807, 2.05) is 0 Å². The van der Waals surface area contributed by atoms with Gasteiger partial charge in [-0.2, -0.15) is 4.31 Å². The van der Waals surface area contributed by atoms with Gasteiger partial charge in [0.2, 0.25) is 10.0 Å². The van der Waals surface area contributed by atoms with E-state index >= 15 is 0 Å². The predicted molar refractivity (Wildman–Crippen MR) is 104 cm³/mol. The highest BCUT2D eigenvalue weighted by Gasteiger charge is 2.38. The van der Waals surface area contributed by atoms with Gasteiger partial charge in [0.1, 0.15) is 5.82 Å². The number of nitrogens with one attached hydrogen (secondary N) is 1. The summed E-state index contributed by atoms with van der Waals surface area (Å²) in [5.74, 6) is -0.764. The molecule has 2 saturated carbocycles. The quantitative estimate of drug-likeness (QED) is 0.739. The number of hydrogen-bond acceptors (Lipinski definition) is 3. The lowest BCUT2D eigenvalue weighted by atomic mass is 10.1. The highest BCUT2D eigenvalue weighted by Crippen LogP contribution is 2.34. The van der Waals surface area contributed by atoms with Crippen LogP contribution in [0.5, 0.6) is 0 Å². The molecule has 4 rings (SSSR count). The molecular formula is C20H20ClFN2O3S. The van der Waals surface area contributed by atoms with Gasteiger partial charge in [-0.3, -0.25) is 4.79 Å². The Hall–Kier alpha value is -1.96. The van der Waals surface area contributed by atoms with Gasteiger partial charge >= 0.3 is 0 Å². The lowest BCUT2D eigenvalue weighted by molar-refractivity contribution is 0.0951. The molecule has 5 nitrogen and oxygen atoms in total. The monoisotopic (exact) mass is 422 g/mol. The molecule has 2 aliphatic carbocycles. The fraction of sp³-hybridized carbons (Fsp3) is 0.350. The van der Waals surface area contributed by atoms with Crippen molar-refractivity contribution in [3.05, 3.63) is 64.4 Å². The van der Waals surface area contributed by atoms with Crippen LogP contribution >= 0.6 is 11.6 Å². The maximum absolute atomic E-state index is 13.4. The minimum Gasteiger partial charge on any atom is -0.349 e. The summed E-state index contributed by atoms with van der Waals surface area (Å²) in [4.78, 5) is 12.1. The van der Waals surface area contributed by atoms with Crippen LogP contribution in [0, 0.1) is 5.82 Å². The summed E-state index contributed by atoms with van der Waals surface area (Å²) in [6, 6.07) is 10.6. The summed E-state index contributed by atoms with van der Waals surface area (Å²) in [5, 5.41) is 2.71. The Kier molecular flexibility index (Phi) is 5.16. The first-order chi connectivity index (χ1) is 13.3. The number of nitrogens with zero attached hydrogens (tertiary/aromatic N) is 1. The van der Waals surface area contributed by atoms with Gasteiger partial charge in [-0.05, 0) is 61.6 Å². The Balaban J connectivity index is 1.53. The number of carbonyl (C=O) groups is 1. The fourth-order valence-electron chi connectivity index (χ4n) is 2.98. The van der Waals surface area contributed by atoms with Crippen LogP contribution in [0.2, 0.25) is 5.02 Å². The molecule has 2 fully saturated rings. The van der Waals surface area contributed by atoms with Gasteiger partial charge in [0.25, 0.3) is 5.91 Å². The van der Waals surface area contributed by atoms with Crippen molar-refractivity contribution < 1.29 is 17.6 Å². The van der Waals surface area contributed by atoms with Gasteiger partial charge in [0, 0.05) is 24.2 Å². The lowest BCUT2D eigenvalue weighted by Crippen LogP contribution is -2.32. The Morgan fingerprint density at radius 3 is 2.36 bits per heavy atom. The van der Waals surface area contributed by atoms with E-state index in [2.05, 4.69) is 5.32 Å². The lowest BCUT2D eigenvalue weighted by Gasteiger charge is -2.22. The third-order valence-electron chi connectivity index (χ3n) is 4.92. The topological polar surface area (TPSA) is 66.5 Å². The van der Waals surface area contributed by atoms with Crippen molar-refractivity contribution in [2.45, 2.75) is 49.2 Å². The minimum atomic E-state index is -3.81. The van der Waals surface area contributed by atoms with Crippen LogP contribution in [0.25, 0.3) is 0 Å². The second kappa shape index (κ2) is 7.46. The van der Waals surface area contributed by atoms with Crippen molar-refractivity contribution in [2.24, 2.45) is 0 Å². The highest BCUT2D eigenvalue weighted by atomic mass is 35.5. The molecule has 28 heavy (non-hydrogen) atoms. The van der Waals surface area contributed by atoms with Crippen molar-refractivity contribution in [3.8, 4) is 0 Å². The van der Waals surface area contributed by atoms with Crippen molar-refractivity contribution in [3.63, 3.8) is 0 Å². The van der Waals surface area contributed by atoms with Gasteiger partial charge in [-0.15, -0.1) is 0 Å². The van der Waals surface area contributed by atoms with E-state index in [9.17, 15) is 17.6 Å². The molecule has 2 aliphatic rings. The number of hydrogen-bond donors (Lipinski definition) is 1. The molecule has 0 aromatic heterocycles. The van der Waals surface area contributed by atoms with Gasteiger partial charge in [0.05, 0.1) is 9.92 Å². The average Bonchev–Trinajstić information content (AvgIpc) is 3.57. The maximum Gasteiger partial charge on any atom is 0.251 e. The predicted octanol–water partition coefficient (Wildman–Crippen LogP) is 3.72. The van der Waals surface area contributed by atoms with Gasteiger partial charge in [-0.25, -0.2) is 12.8 Å². The first kappa shape index (κ1) is 19.4. The summed E-state index contributed by atoms with van der Waals surface area (Å²) in [5.41, 5.74) is 1.34. The zero-order chi connectivity index (χ0) is 19.9. The maximum atomic E-state index is 13.4. The van der Waals surface area contributed by atoms with E-state index in [1.165, 1.54) is 10.4 Å². The standard InChI is InChI=1S/C20H20ClFN2O3S/c21-18-11-17(9-10-19(18)22)28(26,27)24(16-7-8-16)12-13-1-3-14(4-2-13)20(25)23-15-5-6-15/h1-4,9-11,15-16H,5-8,12H2,(H,23,25). The average molecular weight is 423 g/mol. The molecule has 2 aromatic carbocycles. The van der Waals surface area contributed by atoms with Crippen LogP contribution < -0.4 is 5.32 Å². The molecule has 2 aromatic rings. The molecule has 0 spiro atoms. The van der Waals surface area contributed by atoms with E-state index in [4.69, 9.17) is 11.6 Å². The van der Waals surface area contributed by atoms with Crippen molar-refractivity contribution in [1.29, 1.82) is 0 Å². The van der Waals surface area contributed by atoms with Crippen LogP contribution in [-0.2, 0) is 16.6 Å². The van der Waals surface area contributed by atoms with E-state index in [0.717, 1.165) is 43.4 Å². The van der Waals surface area contributed by atoms with E-state index < -0.39 is 15.8 Å². The SMILES string of the molecule is O=C(NC1CC1)c1ccc(CN(C2CC2)S(=O)(=O)c2ccc(F)c(Cl)c2)cc1. The fourth-order valence-corrected chi connectivity index (χ4v) is 4.93. The Labute approximate surface area is 168 Å². The van der Waals surface area contributed by atoms with E-state index in [1.54, 1.807) is 24.3 Å².